The molecule has 0 aliphatic carbocycles. The van der Waals surface area contributed by atoms with Gasteiger partial charge in [0, 0.05) is 36.5 Å². The Bertz CT molecular complexity index is 1900. The summed E-state index contributed by atoms with van der Waals surface area (Å²) in [6.07, 6.45) is 26.1. The molecule has 66 heavy (non-hydrogen) atoms. The van der Waals surface area contributed by atoms with Crippen LogP contribution >= 0.6 is 0 Å². The fraction of sp³-hybridized carbons (Fsp3) is 0.625. The predicted octanol–water partition coefficient (Wildman–Crippen LogP) is 15.4. The molecule has 10 nitrogen and oxygen atoms in total. The highest BCUT2D eigenvalue weighted by Gasteiger charge is 2.28. The smallest absolute Gasteiger partial charge is 0.228 e. The van der Waals surface area contributed by atoms with E-state index in [0.29, 0.717) is 41.4 Å². The molecular weight excluding hydrogens is 823 g/mol. The maximum absolute atomic E-state index is 14.3. The number of carbonyl (C=O) groups excluding carboxylic acids is 5. The Morgan fingerprint density at radius 1 is 0.409 bits per heavy atom. The van der Waals surface area contributed by atoms with E-state index in [9.17, 15) is 24.0 Å². The molecular formula is C56H87N5O5. The minimum Gasteiger partial charge on any atom is -0.325 e. The van der Waals surface area contributed by atoms with E-state index >= 15 is 0 Å². The second kappa shape index (κ2) is 33.7. The number of hydrogen-bond donors (Lipinski definition) is 5. The van der Waals surface area contributed by atoms with Gasteiger partial charge in [-0.1, -0.05) is 205 Å². The minimum atomic E-state index is -0.319. The zero-order valence-electron chi connectivity index (χ0n) is 41.7. The van der Waals surface area contributed by atoms with Crippen LogP contribution in [0.4, 0.5) is 28.4 Å². The summed E-state index contributed by atoms with van der Waals surface area (Å²) in [5, 5.41) is 16.8. The highest BCUT2D eigenvalue weighted by Crippen LogP contribution is 2.48. The largest absolute Gasteiger partial charge is 0.325 e. The number of benzene rings is 3. The van der Waals surface area contributed by atoms with Gasteiger partial charge in [-0.05, 0) is 43.2 Å². The highest BCUT2D eigenvalue weighted by atomic mass is 16.2. The van der Waals surface area contributed by atoms with E-state index in [1.165, 1.54) is 38.5 Å². The molecule has 0 spiro atoms. The Morgan fingerprint density at radius 3 is 1.36 bits per heavy atom. The van der Waals surface area contributed by atoms with Crippen LogP contribution in [0.3, 0.4) is 0 Å². The molecule has 0 aliphatic heterocycles. The number of rotatable bonds is 36. The van der Waals surface area contributed by atoms with Gasteiger partial charge in [-0.3, -0.25) is 24.0 Å². The van der Waals surface area contributed by atoms with Crippen LogP contribution in [0.5, 0.6) is 0 Å². The van der Waals surface area contributed by atoms with E-state index < -0.39 is 0 Å². The number of nitrogens with one attached hydrogen (secondary N) is 5. The monoisotopic (exact) mass is 910 g/mol. The summed E-state index contributed by atoms with van der Waals surface area (Å²) in [6, 6.07) is 14.9. The van der Waals surface area contributed by atoms with Crippen LogP contribution in [0.25, 0.3) is 10.8 Å². The Balaban J connectivity index is 2.19. The van der Waals surface area contributed by atoms with E-state index in [1.807, 2.05) is 36.4 Å². The lowest BCUT2D eigenvalue weighted by Crippen LogP contribution is -2.24. The van der Waals surface area contributed by atoms with Crippen molar-refractivity contribution in [1.29, 1.82) is 0 Å². The van der Waals surface area contributed by atoms with Crippen molar-refractivity contribution in [2.45, 2.75) is 221 Å². The van der Waals surface area contributed by atoms with Crippen LogP contribution in [0.2, 0.25) is 0 Å². The SMILES string of the molecule is CCCCCCCCCCCCC(=O)Nc1c(NC(=O)CCCCCCCC)c(NC(=O)CC(CC)CCCC)c2c(NC(=O)CCCCCC)cccc2c1NC(=O)Cc1ccccc1. The van der Waals surface area contributed by atoms with Crippen LogP contribution in [0.15, 0.2) is 48.5 Å². The molecule has 10 heteroatoms. The van der Waals surface area contributed by atoms with Crippen LogP contribution in [-0.2, 0) is 30.4 Å². The molecule has 0 radical (unpaired) electrons. The third-order valence-electron chi connectivity index (χ3n) is 12.7. The molecule has 0 bridgehead atoms. The van der Waals surface area contributed by atoms with E-state index in [1.54, 1.807) is 12.1 Å². The van der Waals surface area contributed by atoms with Crippen molar-refractivity contribution in [1.82, 2.24) is 0 Å². The summed E-state index contributed by atoms with van der Waals surface area (Å²) in [5.41, 5.74) is 2.25. The van der Waals surface area contributed by atoms with E-state index in [0.717, 1.165) is 108 Å². The molecule has 0 saturated heterocycles. The summed E-state index contributed by atoms with van der Waals surface area (Å²) < 4.78 is 0. The van der Waals surface area contributed by atoms with Crippen molar-refractivity contribution < 1.29 is 24.0 Å². The quantitative estimate of drug-likeness (QED) is 0.0369. The first kappa shape index (κ1) is 55.6. The molecule has 0 aliphatic rings. The molecule has 5 N–H and O–H groups in total. The van der Waals surface area contributed by atoms with E-state index in [2.05, 4.69) is 61.2 Å². The molecule has 3 aromatic rings. The Morgan fingerprint density at radius 2 is 0.848 bits per heavy atom. The minimum absolute atomic E-state index is 0.0664. The van der Waals surface area contributed by atoms with Gasteiger partial charge < -0.3 is 26.6 Å². The highest BCUT2D eigenvalue weighted by molar-refractivity contribution is 6.26. The van der Waals surface area contributed by atoms with Crippen LogP contribution in [0.1, 0.15) is 220 Å². The molecule has 0 aromatic heterocycles. The van der Waals surface area contributed by atoms with Crippen molar-refractivity contribution >= 4 is 68.7 Å². The number of unbranched alkanes of at least 4 members (excludes halogenated alkanes) is 18. The van der Waals surface area contributed by atoms with Gasteiger partial charge in [-0.25, -0.2) is 0 Å². The predicted molar refractivity (Wildman–Crippen MR) is 278 cm³/mol. The summed E-state index contributed by atoms with van der Waals surface area (Å²) in [7, 11) is 0. The number of anilines is 5. The van der Waals surface area contributed by atoms with Crippen LogP contribution in [0, 0.1) is 5.92 Å². The van der Waals surface area contributed by atoms with Gasteiger partial charge >= 0.3 is 0 Å². The fourth-order valence-electron chi connectivity index (χ4n) is 8.68. The fourth-order valence-corrected chi connectivity index (χ4v) is 8.68. The average molecular weight is 910 g/mol. The number of fused-ring (bicyclic) bond motifs is 1. The first-order chi connectivity index (χ1) is 32.1. The van der Waals surface area contributed by atoms with Gasteiger partial charge in [0.1, 0.15) is 0 Å². The lowest BCUT2D eigenvalue weighted by atomic mass is 9.95. The van der Waals surface area contributed by atoms with Gasteiger partial charge in [0.15, 0.2) is 0 Å². The standard InChI is InChI=1S/C56H87N5O5/c1-6-11-15-18-20-21-22-23-25-31-39-48(63)58-55-53(60-51(66)42-44-34-27-26-28-35-44)45-36-32-37-46(57-47(62)38-29-17-13-8-3)52(45)54(61-50(65)41-43(10-5)33-14-9-4)56(55)59-49(64)40-30-24-19-16-12-7-2/h26-28,32,34-37,43H,6-25,29-31,33,38-42H2,1-5H3,(H,57,62)(H,58,63)(H,59,64)(H,60,66)(H,61,65). The molecule has 3 rings (SSSR count). The molecule has 0 heterocycles. The molecule has 5 amide bonds. The Hall–Kier alpha value is -4.73. The normalized spacial score (nSPS) is 11.6. The van der Waals surface area contributed by atoms with Crippen molar-refractivity contribution in [3.63, 3.8) is 0 Å². The molecule has 1 unspecified atom stereocenters. The lowest BCUT2D eigenvalue weighted by Gasteiger charge is -2.26. The Labute approximate surface area is 398 Å². The maximum Gasteiger partial charge on any atom is 0.228 e. The zero-order valence-corrected chi connectivity index (χ0v) is 41.7. The van der Waals surface area contributed by atoms with E-state index in [-0.39, 0.29) is 78.2 Å². The number of carbonyl (C=O) groups is 5. The van der Waals surface area contributed by atoms with Gasteiger partial charge in [0.05, 0.1) is 34.9 Å². The van der Waals surface area contributed by atoms with E-state index in [4.69, 9.17) is 0 Å². The molecule has 0 fully saturated rings. The summed E-state index contributed by atoms with van der Waals surface area (Å²) in [5.74, 6) is -1.08. The molecule has 0 saturated carbocycles. The van der Waals surface area contributed by atoms with Gasteiger partial charge in [-0.15, -0.1) is 0 Å². The van der Waals surface area contributed by atoms with Gasteiger partial charge in [-0.2, -0.15) is 0 Å². The van der Waals surface area contributed by atoms with Crippen molar-refractivity contribution in [3.05, 3.63) is 54.1 Å². The van der Waals surface area contributed by atoms with Crippen LogP contribution in [-0.4, -0.2) is 29.5 Å². The maximum atomic E-state index is 14.3. The van der Waals surface area contributed by atoms with Crippen molar-refractivity contribution in [2.75, 3.05) is 26.6 Å². The summed E-state index contributed by atoms with van der Waals surface area (Å²) in [6.45, 7) is 10.8. The van der Waals surface area contributed by atoms with Crippen molar-refractivity contribution in [2.24, 2.45) is 5.92 Å². The molecule has 1 atom stereocenters. The first-order valence-electron chi connectivity index (χ1n) is 26.3. The third-order valence-corrected chi connectivity index (χ3v) is 12.7. The molecule has 366 valence electrons. The second-order valence-electron chi connectivity index (χ2n) is 18.5. The number of amides is 5. The second-order valence-corrected chi connectivity index (χ2v) is 18.5. The Kier molecular flexibility index (Phi) is 28.4. The first-order valence-corrected chi connectivity index (χ1v) is 26.3. The number of hydrogen-bond acceptors (Lipinski definition) is 5. The summed E-state index contributed by atoms with van der Waals surface area (Å²) in [4.78, 5) is 70.3. The lowest BCUT2D eigenvalue weighted by molar-refractivity contribution is -0.117. The average Bonchev–Trinajstić information content (AvgIpc) is 3.30. The topological polar surface area (TPSA) is 146 Å². The zero-order chi connectivity index (χ0) is 47.8. The summed E-state index contributed by atoms with van der Waals surface area (Å²) >= 11 is 0. The van der Waals surface area contributed by atoms with Crippen LogP contribution < -0.4 is 26.6 Å². The van der Waals surface area contributed by atoms with Gasteiger partial charge in [0.2, 0.25) is 29.5 Å². The molecule has 3 aromatic carbocycles. The third kappa shape index (κ3) is 21.3. The van der Waals surface area contributed by atoms with Gasteiger partial charge in [0.25, 0.3) is 0 Å². The van der Waals surface area contributed by atoms with Crippen molar-refractivity contribution in [3.8, 4) is 0 Å².